The molecule has 0 spiro atoms. The highest BCUT2D eigenvalue weighted by molar-refractivity contribution is 5.83. The van der Waals surface area contributed by atoms with Gasteiger partial charge in [0.15, 0.2) is 0 Å². The maximum absolute atomic E-state index is 13.3. The van der Waals surface area contributed by atoms with Crippen molar-refractivity contribution in [1.82, 2.24) is 34.9 Å². The van der Waals surface area contributed by atoms with Crippen LogP contribution >= 0.6 is 0 Å². The van der Waals surface area contributed by atoms with Crippen LogP contribution in [0.5, 0.6) is 0 Å². The van der Waals surface area contributed by atoms with Crippen LogP contribution in [0.25, 0.3) is 5.52 Å². The average Bonchev–Trinajstić information content (AvgIpc) is 3.15. The van der Waals surface area contributed by atoms with Gasteiger partial charge in [-0.15, -0.1) is 0 Å². The zero-order valence-corrected chi connectivity index (χ0v) is 17.1. The van der Waals surface area contributed by atoms with E-state index in [1.54, 1.807) is 12.4 Å². The lowest BCUT2D eigenvalue weighted by Gasteiger charge is -2.37. The van der Waals surface area contributed by atoms with Gasteiger partial charge >= 0.3 is 0 Å². The molecule has 1 fully saturated rings. The van der Waals surface area contributed by atoms with Crippen molar-refractivity contribution >= 4 is 11.4 Å². The summed E-state index contributed by atoms with van der Waals surface area (Å²) in [4.78, 5) is 28.2. The Hall–Kier alpha value is -2.84. The van der Waals surface area contributed by atoms with Gasteiger partial charge in [0.1, 0.15) is 18.2 Å². The van der Waals surface area contributed by atoms with Crippen molar-refractivity contribution in [3.05, 3.63) is 60.2 Å². The number of aryl methyl sites for hydroxylation is 1. The average molecular weight is 393 g/mol. The Balaban J connectivity index is 1.53. The van der Waals surface area contributed by atoms with Gasteiger partial charge < -0.3 is 15.0 Å². The summed E-state index contributed by atoms with van der Waals surface area (Å²) in [6.45, 7) is 8.94. The number of hydrogen-bond acceptors (Lipinski definition) is 6. The van der Waals surface area contributed by atoms with Gasteiger partial charge in [0.25, 0.3) is 0 Å². The number of carbonyl (C=O) groups is 1. The number of aromatic nitrogens is 4. The van der Waals surface area contributed by atoms with Crippen molar-refractivity contribution in [2.24, 2.45) is 0 Å². The Morgan fingerprint density at radius 3 is 2.90 bits per heavy atom. The van der Waals surface area contributed by atoms with E-state index in [1.807, 2.05) is 36.7 Å². The van der Waals surface area contributed by atoms with Crippen molar-refractivity contribution in [2.75, 3.05) is 19.6 Å². The molecule has 0 aliphatic carbocycles. The van der Waals surface area contributed by atoms with Gasteiger partial charge in [-0.3, -0.25) is 9.69 Å². The van der Waals surface area contributed by atoms with Gasteiger partial charge in [0, 0.05) is 50.3 Å². The molecular weight excluding hydrogens is 366 g/mol. The normalized spacial score (nSPS) is 18.1. The van der Waals surface area contributed by atoms with Gasteiger partial charge in [-0.25, -0.2) is 15.0 Å². The first-order valence-electron chi connectivity index (χ1n) is 9.89. The van der Waals surface area contributed by atoms with E-state index >= 15 is 0 Å². The second kappa shape index (κ2) is 7.88. The minimum Gasteiger partial charge on any atom is -0.343 e. The van der Waals surface area contributed by atoms with Crippen molar-refractivity contribution in [3.8, 4) is 0 Å². The van der Waals surface area contributed by atoms with E-state index in [1.165, 1.54) is 6.33 Å². The fourth-order valence-corrected chi connectivity index (χ4v) is 3.91. The number of pyridine rings is 1. The molecule has 1 aliphatic rings. The standard InChI is InChI=1S/C21H27N7O/c1-15-5-4-7-28-17(15)12-25-20(28)21(2,3)26-19(29)18-11-22-6-8-27(18)13-16-9-23-14-24-10-16/h4-5,7,9-10,12,14,18,22H,6,8,11,13H2,1-3H3,(H,26,29)/t18-/m1/s1. The number of piperazine rings is 1. The molecule has 8 nitrogen and oxygen atoms in total. The Morgan fingerprint density at radius 2 is 2.10 bits per heavy atom. The molecule has 2 N–H and O–H groups in total. The highest BCUT2D eigenvalue weighted by Crippen LogP contribution is 2.22. The van der Waals surface area contributed by atoms with E-state index < -0.39 is 5.54 Å². The maximum atomic E-state index is 13.3. The summed E-state index contributed by atoms with van der Waals surface area (Å²) in [6.07, 6.45) is 8.97. The first-order valence-corrected chi connectivity index (χ1v) is 9.89. The monoisotopic (exact) mass is 393 g/mol. The summed E-state index contributed by atoms with van der Waals surface area (Å²) in [5.74, 6) is 0.805. The summed E-state index contributed by atoms with van der Waals surface area (Å²) in [5, 5.41) is 6.56. The predicted octanol–water partition coefficient (Wildman–Crippen LogP) is 1.26. The lowest BCUT2D eigenvalue weighted by Crippen LogP contribution is -2.59. The van der Waals surface area contributed by atoms with Crippen molar-refractivity contribution < 1.29 is 4.79 Å². The molecular formula is C21H27N7O. The number of nitrogens with one attached hydrogen (secondary N) is 2. The molecule has 0 saturated carbocycles. The zero-order chi connectivity index (χ0) is 20.4. The molecule has 3 aromatic rings. The zero-order valence-electron chi connectivity index (χ0n) is 17.1. The fraction of sp³-hybridized carbons (Fsp3) is 0.429. The summed E-state index contributed by atoms with van der Waals surface area (Å²) in [7, 11) is 0. The lowest BCUT2D eigenvalue weighted by atomic mass is 10.0. The predicted molar refractivity (Wildman–Crippen MR) is 110 cm³/mol. The fourth-order valence-electron chi connectivity index (χ4n) is 3.91. The Kier molecular flexibility index (Phi) is 5.29. The number of nitrogens with zero attached hydrogens (tertiary/aromatic N) is 5. The smallest absolute Gasteiger partial charge is 0.239 e. The number of carbonyl (C=O) groups excluding carboxylic acids is 1. The molecule has 4 rings (SSSR count). The molecule has 4 heterocycles. The van der Waals surface area contributed by atoms with E-state index in [0.717, 1.165) is 35.6 Å². The second-order valence-corrected chi connectivity index (χ2v) is 8.08. The summed E-state index contributed by atoms with van der Waals surface area (Å²) in [6, 6.07) is 3.79. The number of imidazole rings is 1. The van der Waals surface area contributed by atoms with Crippen LogP contribution in [-0.2, 0) is 16.9 Å². The van der Waals surface area contributed by atoms with Crippen LogP contribution in [0.3, 0.4) is 0 Å². The molecule has 0 bridgehead atoms. The molecule has 1 atom stereocenters. The highest BCUT2D eigenvalue weighted by Gasteiger charge is 2.34. The van der Waals surface area contributed by atoms with Crippen molar-refractivity contribution in [1.29, 1.82) is 0 Å². The lowest BCUT2D eigenvalue weighted by molar-refractivity contribution is -0.129. The third-order valence-electron chi connectivity index (χ3n) is 5.43. The van der Waals surface area contributed by atoms with Crippen LogP contribution in [0, 0.1) is 6.92 Å². The number of fused-ring (bicyclic) bond motifs is 1. The van der Waals surface area contributed by atoms with E-state index in [9.17, 15) is 4.79 Å². The Morgan fingerprint density at radius 1 is 1.31 bits per heavy atom. The molecule has 1 amide bonds. The number of hydrogen-bond donors (Lipinski definition) is 2. The van der Waals surface area contributed by atoms with Gasteiger partial charge in [-0.1, -0.05) is 6.07 Å². The van der Waals surface area contributed by atoms with Crippen LogP contribution in [0.4, 0.5) is 0 Å². The largest absolute Gasteiger partial charge is 0.343 e. The summed E-state index contributed by atoms with van der Waals surface area (Å²) >= 11 is 0. The molecule has 1 aliphatic heterocycles. The second-order valence-electron chi connectivity index (χ2n) is 8.08. The third-order valence-corrected chi connectivity index (χ3v) is 5.43. The van der Waals surface area contributed by atoms with E-state index in [-0.39, 0.29) is 11.9 Å². The molecule has 29 heavy (non-hydrogen) atoms. The quantitative estimate of drug-likeness (QED) is 0.679. The van der Waals surface area contributed by atoms with Crippen LogP contribution in [0.1, 0.15) is 30.8 Å². The Labute approximate surface area is 170 Å². The molecule has 8 heteroatoms. The minimum atomic E-state index is -0.615. The topological polar surface area (TPSA) is 87.5 Å². The van der Waals surface area contributed by atoms with Crippen LogP contribution in [0.2, 0.25) is 0 Å². The van der Waals surface area contributed by atoms with Gasteiger partial charge in [-0.2, -0.15) is 0 Å². The van der Waals surface area contributed by atoms with E-state index in [0.29, 0.717) is 13.1 Å². The van der Waals surface area contributed by atoms with Crippen molar-refractivity contribution in [2.45, 2.75) is 38.9 Å². The molecule has 0 aromatic carbocycles. The third kappa shape index (κ3) is 3.99. The van der Waals surface area contributed by atoms with Gasteiger partial charge in [0.05, 0.1) is 17.3 Å². The number of amides is 1. The van der Waals surface area contributed by atoms with Gasteiger partial charge in [-0.05, 0) is 32.4 Å². The Bertz CT molecular complexity index is 999. The van der Waals surface area contributed by atoms with Gasteiger partial charge in [0.2, 0.25) is 5.91 Å². The molecule has 1 saturated heterocycles. The van der Waals surface area contributed by atoms with E-state index in [2.05, 4.69) is 43.5 Å². The van der Waals surface area contributed by atoms with Crippen molar-refractivity contribution in [3.63, 3.8) is 0 Å². The van der Waals surface area contributed by atoms with E-state index in [4.69, 9.17) is 0 Å². The maximum Gasteiger partial charge on any atom is 0.239 e. The van der Waals surface area contributed by atoms with Crippen LogP contribution in [0.15, 0.2) is 43.2 Å². The summed E-state index contributed by atoms with van der Waals surface area (Å²) in [5.41, 5.74) is 2.59. The SMILES string of the molecule is Cc1cccn2c(C(C)(C)NC(=O)[C@H]3CNCCN3Cc3cncnc3)ncc12. The molecule has 3 aromatic heterocycles. The molecule has 0 unspecified atom stereocenters. The number of rotatable bonds is 5. The van der Waals surface area contributed by atoms with Crippen LogP contribution < -0.4 is 10.6 Å². The first-order chi connectivity index (χ1) is 14.0. The minimum absolute atomic E-state index is 0.0107. The summed E-state index contributed by atoms with van der Waals surface area (Å²) < 4.78 is 2.05. The first kappa shape index (κ1) is 19.5. The van der Waals surface area contributed by atoms with Crippen LogP contribution in [-0.4, -0.2) is 55.8 Å². The molecule has 0 radical (unpaired) electrons. The highest BCUT2D eigenvalue weighted by atomic mass is 16.2. The molecule has 152 valence electrons.